The molecule has 0 bridgehead atoms. The van der Waals surface area contributed by atoms with Crippen LogP contribution in [-0.4, -0.2) is 49.2 Å². The fraction of sp³-hybridized carbons (Fsp3) is 0.727. The highest BCUT2D eigenvalue weighted by Crippen LogP contribution is 2.13. The first-order valence-electron chi connectivity index (χ1n) is 6.36. The molecule has 2 rings (SSSR count). The van der Waals surface area contributed by atoms with E-state index in [1.54, 1.807) is 0 Å². The van der Waals surface area contributed by atoms with Crippen molar-refractivity contribution in [3.05, 3.63) is 12.4 Å². The lowest BCUT2D eigenvalue weighted by atomic mass is 10.1. The summed E-state index contributed by atoms with van der Waals surface area (Å²) < 4.78 is 33.4. The molecule has 1 aliphatic heterocycles. The molecule has 0 saturated carbocycles. The first kappa shape index (κ1) is 14.4. The van der Waals surface area contributed by atoms with Crippen molar-refractivity contribution >= 4 is 10.0 Å². The number of nitrogens with zero attached hydrogens (tertiary/aromatic N) is 2. The van der Waals surface area contributed by atoms with Gasteiger partial charge in [0.2, 0.25) is 10.0 Å². The van der Waals surface area contributed by atoms with Crippen LogP contribution in [0, 0.1) is 0 Å². The fourth-order valence-corrected chi connectivity index (χ4v) is 2.98. The van der Waals surface area contributed by atoms with Crippen LogP contribution in [0.2, 0.25) is 0 Å². The standard InChI is InChI=1S/C11H19N3O4S/c15-5-4-14-9-11(8-12-14)19(16,17)13-7-10-3-1-2-6-18-10/h8-10,13,15H,1-7H2. The van der Waals surface area contributed by atoms with Gasteiger partial charge in [0, 0.05) is 19.3 Å². The molecule has 1 saturated heterocycles. The van der Waals surface area contributed by atoms with Crippen molar-refractivity contribution in [3.63, 3.8) is 0 Å². The molecule has 108 valence electrons. The van der Waals surface area contributed by atoms with Gasteiger partial charge >= 0.3 is 0 Å². The molecule has 1 aromatic heterocycles. The maximum atomic E-state index is 12.0. The predicted molar refractivity (Wildman–Crippen MR) is 68.1 cm³/mol. The first-order chi connectivity index (χ1) is 9.12. The Morgan fingerprint density at radius 1 is 1.53 bits per heavy atom. The minimum atomic E-state index is -3.55. The molecule has 0 amide bonds. The SMILES string of the molecule is O=S(=O)(NCC1CCCCO1)c1cnn(CCO)c1. The Balaban J connectivity index is 1.92. The number of aromatic nitrogens is 2. The Morgan fingerprint density at radius 2 is 2.37 bits per heavy atom. The van der Waals surface area contributed by atoms with E-state index < -0.39 is 10.0 Å². The summed E-state index contributed by atoms with van der Waals surface area (Å²) in [5, 5.41) is 12.6. The third-order valence-corrected chi connectivity index (χ3v) is 4.40. The summed E-state index contributed by atoms with van der Waals surface area (Å²) in [6, 6.07) is 0. The Kier molecular flexibility index (Phi) is 4.92. The summed E-state index contributed by atoms with van der Waals surface area (Å²) in [6.07, 6.45) is 5.63. The summed E-state index contributed by atoms with van der Waals surface area (Å²) in [6.45, 7) is 1.18. The molecule has 0 radical (unpaired) electrons. The molecular weight excluding hydrogens is 270 g/mol. The van der Waals surface area contributed by atoms with Crippen LogP contribution in [0.3, 0.4) is 0 Å². The number of sulfonamides is 1. The van der Waals surface area contributed by atoms with Gasteiger partial charge in [0.1, 0.15) is 4.90 Å². The quantitative estimate of drug-likeness (QED) is 0.751. The van der Waals surface area contributed by atoms with Gasteiger partial charge in [-0.1, -0.05) is 0 Å². The van der Waals surface area contributed by atoms with Crippen molar-refractivity contribution < 1.29 is 18.3 Å². The molecule has 7 nitrogen and oxygen atoms in total. The van der Waals surface area contributed by atoms with E-state index >= 15 is 0 Å². The van der Waals surface area contributed by atoms with Gasteiger partial charge in [-0.15, -0.1) is 0 Å². The van der Waals surface area contributed by atoms with Gasteiger partial charge in [-0.2, -0.15) is 5.10 Å². The number of rotatable bonds is 6. The van der Waals surface area contributed by atoms with Crippen molar-refractivity contribution in [1.82, 2.24) is 14.5 Å². The zero-order valence-corrected chi connectivity index (χ0v) is 11.5. The Labute approximate surface area is 112 Å². The van der Waals surface area contributed by atoms with Gasteiger partial charge in [-0.05, 0) is 19.3 Å². The second kappa shape index (κ2) is 6.47. The monoisotopic (exact) mass is 289 g/mol. The highest BCUT2D eigenvalue weighted by molar-refractivity contribution is 7.89. The third-order valence-electron chi connectivity index (χ3n) is 3.02. The number of nitrogens with one attached hydrogen (secondary N) is 1. The molecule has 1 unspecified atom stereocenters. The van der Waals surface area contributed by atoms with Crippen LogP contribution < -0.4 is 4.72 Å². The second-order valence-electron chi connectivity index (χ2n) is 4.50. The maximum absolute atomic E-state index is 12.0. The smallest absolute Gasteiger partial charge is 0.243 e. The van der Waals surface area contributed by atoms with Crippen molar-refractivity contribution in [2.24, 2.45) is 0 Å². The van der Waals surface area contributed by atoms with Crippen molar-refractivity contribution in [2.45, 2.75) is 36.8 Å². The summed E-state index contributed by atoms with van der Waals surface area (Å²) in [4.78, 5) is 0.108. The van der Waals surface area contributed by atoms with Crippen LogP contribution in [0.5, 0.6) is 0 Å². The van der Waals surface area contributed by atoms with E-state index in [1.165, 1.54) is 17.1 Å². The Bertz CT molecular complexity index is 494. The van der Waals surface area contributed by atoms with Crippen molar-refractivity contribution in [3.8, 4) is 0 Å². The third kappa shape index (κ3) is 4.00. The van der Waals surface area contributed by atoms with E-state index in [9.17, 15) is 8.42 Å². The molecule has 1 aliphatic rings. The number of aliphatic hydroxyl groups is 1. The minimum Gasteiger partial charge on any atom is -0.394 e. The molecule has 8 heteroatoms. The van der Waals surface area contributed by atoms with Gasteiger partial charge < -0.3 is 9.84 Å². The van der Waals surface area contributed by atoms with Gasteiger partial charge in [0.05, 0.1) is 25.5 Å². The van der Waals surface area contributed by atoms with Gasteiger partial charge in [0.15, 0.2) is 0 Å². The summed E-state index contributed by atoms with van der Waals surface area (Å²) >= 11 is 0. The van der Waals surface area contributed by atoms with Crippen LogP contribution in [-0.2, 0) is 21.3 Å². The van der Waals surface area contributed by atoms with E-state index in [4.69, 9.17) is 9.84 Å². The van der Waals surface area contributed by atoms with E-state index in [-0.39, 0.29) is 30.7 Å². The van der Waals surface area contributed by atoms with Crippen molar-refractivity contribution in [1.29, 1.82) is 0 Å². The Morgan fingerprint density at radius 3 is 3.05 bits per heavy atom. The minimum absolute atomic E-state index is 0.0454. The predicted octanol–water partition coefficient (Wildman–Crippen LogP) is -0.277. The number of hydrogen-bond donors (Lipinski definition) is 2. The molecule has 0 spiro atoms. The fourth-order valence-electron chi connectivity index (χ4n) is 1.96. The molecule has 0 aromatic carbocycles. The van der Waals surface area contributed by atoms with Crippen LogP contribution >= 0.6 is 0 Å². The lowest BCUT2D eigenvalue weighted by molar-refractivity contribution is 0.0200. The molecule has 19 heavy (non-hydrogen) atoms. The largest absolute Gasteiger partial charge is 0.394 e. The van der Waals surface area contributed by atoms with E-state index in [2.05, 4.69) is 9.82 Å². The molecular formula is C11H19N3O4S. The molecule has 0 aliphatic carbocycles. The maximum Gasteiger partial charge on any atom is 0.243 e. The lowest BCUT2D eigenvalue weighted by Crippen LogP contribution is -2.35. The van der Waals surface area contributed by atoms with Gasteiger partial charge in [-0.3, -0.25) is 4.68 Å². The number of hydrogen-bond acceptors (Lipinski definition) is 5. The second-order valence-corrected chi connectivity index (χ2v) is 6.27. The summed E-state index contributed by atoms with van der Waals surface area (Å²) in [5.41, 5.74) is 0. The van der Waals surface area contributed by atoms with E-state index in [1.807, 2.05) is 0 Å². The first-order valence-corrected chi connectivity index (χ1v) is 7.85. The molecule has 2 heterocycles. The normalized spacial score (nSPS) is 20.6. The summed E-state index contributed by atoms with van der Waals surface area (Å²) in [7, 11) is -3.55. The molecule has 1 aromatic rings. The lowest BCUT2D eigenvalue weighted by Gasteiger charge is -2.22. The average molecular weight is 289 g/mol. The zero-order chi connectivity index (χ0) is 13.7. The van der Waals surface area contributed by atoms with E-state index in [0.29, 0.717) is 6.61 Å². The van der Waals surface area contributed by atoms with Crippen molar-refractivity contribution in [2.75, 3.05) is 19.8 Å². The number of aliphatic hydroxyl groups excluding tert-OH is 1. The summed E-state index contributed by atoms with van der Waals surface area (Å²) in [5.74, 6) is 0. The van der Waals surface area contributed by atoms with Crippen LogP contribution in [0.4, 0.5) is 0 Å². The van der Waals surface area contributed by atoms with E-state index in [0.717, 1.165) is 19.3 Å². The highest BCUT2D eigenvalue weighted by atomic mass is 32.2. The molecule has 2 N–H and O–H groups in total. The van der Waals surface area contributed by atoms with Crippen LogP contribution in [0.1, 0.15) is 19.3 Å². The Hall–Kier alpha value is -0.960. The number of ether oxygens (including phenoxy) is 1. The van der Waals surface area contributed by atoms with Crippen LogP contribution in [0.25, 0.3) is 0 Å². The topological polar surface area (TPSA) is 93.5 Å². The average Bonchev–Trinajstić information content (AvgIpc) is 2.88. The molecule has 1 atom stereocenters. The highest BCUT2D eigenvalue weighted by Gasteiger charge is 2.20. The van der Waals surface area contributed by atoms with Gasteiger partial charge in [0.25, 0.3) is 0 Å². The van der Waals surface area contributed by atoms with Gasteiger partial charge in [-0.25, -0.2) is 13.1 Å². The zero-order valence-electron chi connectivity index (χ0n) is 10.7. The molecule has 1 fully saturated rings. The van der Waals surface area contributed by atoms with Crippen LogP contribution in [0.15, 0.2) is 17.3 Å².